The fourth-order valence-electron chi connectivity index (χ4n) is 2.43. The van der Waals surface area contributed by atoms with Crippen LogP contribution in [0.15, 0.2) is 41.4 Å². The van der Waals surface area contributed by atoms with Gasteiger partial charge in [-0.3, -0.25) is 4.72 Å². The van der Waals surface area contributed by atoms with Crippen LogP contribution in [-0.2, 0) is 10.0 Å². The first-order valence-corrected chi connectivity index (χ1v) is 9.69. The molecule has 1 aromatic carbocycles. The zero-order valence-corrected chi connectivity index (χ0v) is 15.5. The number of fused-ring (bicyclic) bond motifs is 1. The average molecular weight is 378 g/mol. The third-order valence-electron chi connectivity index (χ3n) is 3.77. The highest BCUT2D eigenvalue weighted by atomic mass is 32.2. The van der Waals surface area contributed by atoms with Crippen LogP contribution >= 0.6 is 0 Å². The minimum Gasteiger partial charge on any atom is -0.454 e. The maximum atomic E-state index is 12.5. The molecule has 0 amide bonds. The Kier molecular flexibility index (Phi) is 5.48. The maximum absolute atomic E-state index is 12.5. The maximum Gasteiger partial charge on any atom is 0.263 e. The van der Waals surface area contributed by atoms with Crippen LogP contribution in [0.5, 0.6) is 11.5 Å². The Morgan fingerprint density at radius 3 is 2.69 bits per heavy atom. The minimum atomic E-state index is -3.75. The van der Waals surface area contributed by atoms with E-state index >= 15 is 0 Å². The van der Waals surface area contributed by atoms with Crippen molar-refractivity contribution >= 4 is 21.5 Å². The van der Waals surface area contributed by atoms with Crippen LogP contribution in [0.3, 0.4) is 0 Å². The molecule has 0 aliphatic carbocycles. The van der Waals surface area contributed by atoms with E-state index in [-0.39, 0.29) is 17.5 Å². The summed E-state index contributed by atoms with van der Waals surface area (Å²) in [5.41, 5.74) is 0.842. The average Bonchev–Trinajstić information content (AvgIpc) is 3.07. The first kappa shape index (κ1) is 18.3. The molecule has 0 saturated heterocycles. The first-order chi connectivity index (χ1) is 12.4. The van der Waals surface area contributed by atoms with Crippen LogP contribution < -0.4 is 19.5 Å². The van der Waals surface area contributed by atoms with E-state index in [1.807, 2.05) is 14.1 Å². The predicted octanol–water partition coefficient (Wildman–Crippen LogP) is 1.97. The monoisotopic (exact) mass is 378 g/mol. The van der Waals surface area contributed by atoms with Crippen molar-refractivity contribution in [2.75, 3.05) is 44.0 Å². The number of rotatable bonds is 8. The van der Waals surface area contributed by atoms with Gasteiger partial charge in [-0.15, -0.1) is 0 Å². The molecule has 8 nitrogen and oxygen atoms in total. The summed E-state index contributed by atoms with van der Waals surface area (Å²) in [7, 11) is 0.309. The van der Waals surface area contributed by atoms with Gasteiger partial charge in [0.2, 0.25) is 6.79 Å². The van der Waals surface area contributed by atoms with Crippen molar-refractivity contribution < 1.29 is 17.9 Å². The normalized spacial score (nSPS) is 13.0. The van der Waals surface area contributed by atoms with Gasteiger partial charge in [0.05, 0.1) is 16.8 Å². The Morgan fingerprint density at radius 1 is 1.15 bits per heavy atom. The molecule has 0 bridgehead atoms. The van der Waals surface area contributed by atoms with Gasteiger partial charge in [-0.1, -0.05) is 0 Å². The number of pyridine rings is 1. The zero-order valence-electron chi connectivity index (χ0n) is 14.7. The Balaban J connectivity index is 1.61. The van der Waals surface area contributed by atoms with E-state index in [1.54, 1.807) is 24.4 Å². The summed E-state index contributed by atoms with van der Waals surface area (Å²) in [6, 6.07) is 7.89. The smallest absolute Gasteiger partial charge is 0.263 e. The van der Waals surface area contributed by atoms with Crippen LogP contribution in [0.25, 0.3) is 0 Å². The van der Waals surface area contributed by atoms with Crippen molar-refractivity contribution in [3.05, 3.63) is 36.5 Å². The molecule has 0 saturated carbocycles. The number of aromatic nitrogens is 1. The fraction of sp³-hybridized carbons (Fsp3) is 0.353. The summed E-state index contributed by atoms with van der Waals surface area (Å²) in [6.45, 7) is 1.91. The number of ether oxygens (including phenoxy) is 2. The number of sulfonamides is 1. The lowest BCUT2D eigenvalue weighted by molar-refractivity contribution is 0.174. The number of anilines is 2. The van der Waals surface area contributed by atoms with Crippen molar-refractivity contribution in [3.63, 3.8) is 0 Å². The van der Waals surface area contributed by atoms with Gasteiger partial charge < -0.3 is 19.7 Å². The lowest BCUT2D eigenvalue weighted by Crippen LogP contribution is -2.16. The number of hydrogen-bond donors (Lipinski definition) is 2. The van der Waals surface area contributed by atoms with E-state index in [0.29, 0.717) is 11.5 Å². The molecule has 2 heterocycles. The van der Waals surface area contributed by atoms with Gasteiger partial charge in [0.25, 0.3) is 10.0 Å². The van der Waals surface area contributed by atoms with E-state index in [9.17, 15) is 8.42 Å². The molecule has 2 N–H and O–H groups in total. The summed E-state index contributed by atoms with van der Waals surface area (Å²) in [5.74, 6) is 1.20. The summed E-state index contributed by atoms with van der Waals surface area (Å²) in [6.07, 6.45) is 2.61. The second-order valence-corrected chi connectivity index (χ2v) is 7.82. The second-order valence-electron chi connectivity index (χ2n) is 6.14. The topological polar surface area (TPSA) is 92.8 Å². The first-order valence-electron chi connectivity index (χ1n) is 8.21. The van der Waals surface area contributed by atoms with Crippen LogP contribution in [-0.4, -0.2) is 52.3 Å². The Hall–Kier alpha value is -2.52. The summed E-state index contributed by atoms with van der Waals surface area (Å²) in [4.78, 5) is 6.37. The van der Waals surface area contributed by atoms with Crippen LogP contribution in [0, 0.1) is 0 Å². The fourth-order valence-corrected chi connectivity index (χ4v) is 3.45. The molecule has 1 aliphatic rings. The van der Waals surface area contributed by atoms with Crippen molar-refractivity contribution in [3.8, 4) is 11.5 Å². The second kappa shape index (κ2) is 7.79. The molecule has 9 heteroatoms. The standard InChI is InChI=1S/C17H22N4O4S/c1-21(2)9-3-8-18-13-4-7-17(19-11-13)20-26(22,23)14-5-6-15-16(10-14)25-12-24-15/h4-7,10-11,18H,3,8-9,12H2,1-2H3,(H,19,20). The van der Waals surface area contributed by atoms with Gasteiger partial charge in [0.1, 0.15) is 5.82 Å². The molecule has 3 rings (SSSR count). The molecule has 1 aliphatic heterocycles. The Morgan fingerprint density at radius 2 is 1.96 bits per heavy atom. The summed E-state index contributed by atoms with van der Waals surface area (Å²) in [5, 5.41) is 3.25. The lowest BCUT2D eigenvalue weighted by atomic mass is 10.3. The van der Waals surface area contributed by atoms with Gasteiger partial charge in [-0.25, -0.2) is 13.4 Å². The molecule has 0 spiro atoms. The van der Waals surface area contributed by atoms with Gasteiger partial charge in [0, 0.05) is 12.6 Å². The van der Waals surface area contributed by atoms with Gasteiger partial charge in [-0.2, -0.15) is 0 Å². The molecular weight excluding hydrogens is 356 g/mol. The quantitative estimate of drug-likeness (QED) is 0.679. The number of nitrogens with one attached hydrogen (secondary N) is 2. The zero-order chi connectivity index (χ0) is 18.6. The molecule has 1 aromatic heterocycles. The number of benzene rings is 1. The summed E-state index contributed by atoms with van der Waals surface area (Å²) < 4.78 is 37.9. The SMILES string of the molecule is CN(C)CCCNc1ccc(NS(=O)(=O)c2ccc3c(c2)OCO3)nc1. The molecule has 26 heavy (non-hydrogen) atoms. The van der Waals surface area contributed by atoms with Crippen LogP contribution in [0.4, 0.5) is 11.5 Å². The lowest BCUT2D eigenvalue weighted by Gasteiger charge is -2.11. The highest BCUT2D eigenvalue weighted by Gasteiger charge is 2.20. The van der Waals surface area contributed by atoms with Crippen LogP contribution in [0.2, 0.25) is 0 Å². The molecule has 0 radical (unpaired) electrons. The molecule has 0 fully saturated rings. The van der Waals surface area contributed by atoms with E-state index in [4.69, 9.17) is 9.47 Å². The molecule has 2 aromatic rings. The van der Waals surface area contributed by atoms with Crippen molar-refractivity contribution in [1.82, 2.24) is 9.88 Å². The van der Waals surface area contributed by atoms with E-state index in [2.05, 4.69) is 19.9 Å². The summed E-state index contributed by atoms with van der Waals surface area (Å²) >= 11 is 0. The van der Waals surface area contributed by atoms with E-state index in [0.717, 1.165) is 25.2 Å². The minimum absolute atomic E-state index is 0.0921. The highest BCUT2D eigenvalue weighted by molar-refractivity contribution is 7.92. The van der Waals surface area contributed by atoms with Gasteiger partial charge in [0.15, 0.2) is 11.5 Å². The third kappa shape index (κ3) is 4.55. The van der Waals surface area contributed by atoms with Crippen LogP contribution in [0.1, 0.15) is 6.42 Å². The predicted molar refractivity (Wildman–Crippen MR) is 99.3 cm³/mol. The molecule has 0 unspecified atom stereocenters. The van der Waals surface area contributed by atoms with Gasteiger partial charge >= 0.3 is 0 Å². The van der Waals surface area contributed by atoms with Crippen molar-refractivity contribution in [2.45, 2.75) is 11.3 Å². The van der Waals surface area contributed by atoms with E-state index < -0.39 is 10.0 Å². The highest BCUT2D eigenvalue weighted by Crippen LogP contribution is 2.34. The van der Waals surface area contributed by atoms with Gasteiger partial charge in [-0.05, 0) is 51.3 Å². The number of nitrogens with zero attached hydrogens (tertiary/aromatic N) is 2. The van der Waals surface area contributed by atoms with E-state index in [1.165, 1.54) is 12.1 Å². The number of hydrogen-bond acceptors (Lipinski definition) is 7. The largest absolute Gasteiger partial charge is 0.454 e. The van der Waals surface area contributed by atoms with Crippen molar-refractivity contribution in [2.24, 2.45) is 0 Å². The molecular formula is C17H22N4O4S. The molecule has 140 valence electrons. The Bertz CT molecular complexity index is 854. The Labute approximate surface area is 153 Å². The third-order valence-corrected chi connectivity index (χ3v) is 5.12. The molecule has 0 atom stereocenters. The van der Waals surface area contributed by atoms with Crippen molar-refractivity contribution in [1.29, 1.82) is 0 Å².